The minimum absolute atomic E-state index is 0.728. The van der Waals surface area contributed by atoms with E-state index in [1.807, 2.05) is 18.3 Å². The number of hydrogen-bond donors (Lipinski definition) is 1. The summed E-state index contributed by atoms with van der Waals surface area (Å²) in [5, 5.41) is 4.19. The first-order chi connectivity index (χ1) is 8.84. The van der Waals surface area contributed by atoms with Gasteiger partial charge < -0.3 is 10.2 Å². The molecular formula is C13H19ClN4. The molecule has 1 aromatic heterocycles. The molecule has 2 saturated heterocycles. The summed E-state index contributed by atoms with van der Waals surface area (Å²) in [4.78, 5) is 9.27. The highest BCUT2D eigenvalue weighted by Gasteiger charge is 2.26. The molecule has 0 saturated carbocycles. The Morgan fingerprint density at radius 1 is 1.28 bits per heavy atom. The average molecular weight is 267 g/mol. The Labute approximate surface area is 113 Å². The zero-order valence-electron chi connectivity index (χ0n) is 10.5. The van der Waals surface area contributed by atoms with Crippen LogP contribution in [0.5, 0.6) is 0 Å². The fourth-order valence-electron chi connectivity index (χ4n) is 2.86. The van der Waals surface area contributed by atoms with Crippen LogP contribution in [-0.2, 0) is 0 Å². The smallest absolute Gasteiger partial charge is 0.147 e. The van der Waals surface area contributed by atoms with E-state index in [2.05, 4.69) is 20.1 Å². The second kappa shape index (κ2) is 5.43. The van der Waals surface area contributed by atoms with Crippen molar-refractivity contribution in [2.45, 2.75) is 12.5 Å². The summed E-state index contributed by atoms with van der Waals surface area (Å²) in [5.74, 6) is 0.934. The Morgan fingerprint density at radius 2 is 2.11 bits per heavy atom. The fraction of sp³-hybridized carbons (Fsp3) is 0.615. The van der Waals surface area contributed by atoms with Gasteiger partial charge in [0, 0.05) is 45.0 Å². The summed E-state index contributed by atoms with van der Waals surface area (Å²) >= 11 is 6.19. The van der Waals surface area contributed by atoms with Crippen molar-refractivity contribution in [2.75, 3.05) is 44.2 Å². The first-order valence-corrected chi connectivity index (χ1v) is 7.02. The summed E-state index contributed by atoms with van der Waals surface area (Å²) in [6.07, 6.45) is 3.10. The molecule has 3 heterocycles. The molecule has 18 heavy (non-hydrogen) atoms. The lowest BCUT2D eigenvalue weighted by Crippen LogP contribution is -2.51. The predicted molar refractivity (Wildman–Crippen MR) is 74.3 cm³/mol. The van der Waals surface area contributed by atoms with E-state index in [0.29, 0.717) is 0 Å². The second-order valence-electron chi connectivity index (χ2n) is 4.98. The fourth-order valence-corrected chi connectivity index (χ4v) is 3.10. The van der Waals surface area contributed by atoms with Crippen LogP contribution in [0.3, 0.4) is 0 Å². The van der Waals surface area contributed by atoms with Crippen molar-refractivity contribution in [3.63, 3.8) is 0 Å². The summed E-state index contributed by atoms with van der Waals surface area (Å²) in [6.45, 7) is 6.57. The molecule has 3 rings (SSSR count). The molecule has 0 radical (unpaired) electrons. The van der Waals surface area contributed by atoms with Gasteiger partial charge in [-0.2, -0.15) is 0 Å². The Hall–Kier alpha value is -0.840. The minimum Gasteiger partial charge on any atom is -0.353 e. The van der Waals surface area contributed by atoms with E-state index in [-0.39, 0.29) is 0 Å². The summed E-state index contributed by atoms with van der Waals surface area (Å²) in [7, 11) is 0. The molecule has 1 aromatic rings. The first kappa shape index (κ1) is 12.2. The number of anilines is 1. The van der Waals surface area contributed by atoms with Gasteiger partial charge in [-0.1, -0.05) is 11.6 Å². The van der Waals surface area contributed by atoms with Crippen LogP contribution in [-0.4, -0.2) is 55.2 Å². The minimum atomic E-state index is 0.728. The van der Waals surface area contributed by atoms with Crippen LogP contribution >= 0.6 is 11.6 Å². The van der Waals surface area contributed by atoms with Gasteiger partial charge in [0.05, 0.1) is 5.02 Å². The number of nitrogens with zero attached hydrogens (tertiary/aromatic N) is 3. The Bertz CT molecular complexity index is 398. The predicted octanol–water partition coefficient (Wildman–Crippen LogP) is 1.22. The Balaban J connectivity index is 1.61. The van der Waals surface area contributed by atoms with Gasteiger partial charge in [0.25, 0.3) is 0 Å². The molecule has 2 fully saturated rings. The maximum Gasteiger partial charge on any atom is 0.147 e. The van der Waals surface area contributed by atoms with Gasteiger partial charge in [0.1, 0.15) is 5.82 Å². The van der Waals surface area contributed by atoms with Crippen molar-refractivity contribution in [2.24, 2.45) is 0 Å². The second-order valence-corrected chi connectivity index (χ2v) is 5.39. The highest BCUT2D eigenvalue weighted by molar-refractivity contribution is 6.32. The molecule has 2 aliphatic heterocycles. The van der Waals surface area contributed by atoms with Gasteiger partial charge in [-0.3, -0.25) is 4.90 Å². The summed E-state index contributed by atoms with van der Waals surface area (Å²) in [6, 6.07) is 4.52. The van der Waals surface area contributed by atoms with Crippen LogP contribution in [0.2, 0.25) is 5.02 Å². The number of halogens is 1. The van der Waals surface area contributed by atoms with Gasteiger partial charge >= 0.3 is 0 Å². The topological polar surface area (TPSA) is 31.4 Å². The summed E-state index contributed by atoms with van der Waals surface area (Å²) in [5.41, 5.74) is 0. The van der Waals surface area contributed by atoms with Crippen molar-refractivity contribution >= 4 is 17.4 Å². The number of nitrogens with one attached hydrogen (secondary N) is 1. The Kier molecular flexibility index (Phi) is 3.68. The molecule has 4 nitrogen and oxygen atoms in total. The van der Waals surface area contributed by atoms with Crippen LogP contribution < -0.4 is 10.2 Å². The lowest BCUT2D eigenvalue weighted by molar-refractivity contribution is 0.196. The zero-order chi connectivity index (χ0) is 12.4. The maximum absolute atomic E-state index is 6.19. The third-order valence-electron chi connectivity index (χ3n) is 3.90. The van der Waals surface area contributed by atoms with E-state index in [1.54, 1.807) is 0 Å². The number of rotatable bonds is 2. The van der Waals surface area contributed by atoms with Crippen LogP contribution in [0.1, 0.15) is 6.42 Å². The molecule has 0 aromatic carbocycles. The zero-order valence-corrected chi connectivity index (χ0v) is 11.2. The first-order valence-electron chi connectivity index (χ1n) is 6.65. The lowest BCUT2D eigenvalue weighted by atomic mass is 10.2. The highest BCUT2D eigenvalue weighted by atomic mass is 35.5. The quantitative estimate of drug-likeness (QED) is 0.872. The molecule has 1 atom stereocenters. The van der Waals surface area contributed by atoms with Gasteiger partial charge in [-0.05, 0) is 25.1 Å². The molecule has 98 valence electrons. The normalized spacial score (nSPS) is 25.6. The SMILES string of the molecule is Clc1cccnc1N1CCN(C2CCNC2)CC1. The maximum atomic E-state index is 6.19. The number of pyridine rings is 1. The molecule has 0 bridgehead atoms. The summed E-state index contributed by atoms with van der Waals surface area (Å²) < 4.78 is 0. The molecule has 0 aliphatic carbocycles. The number of aromatic nitrogens is 1. The van der Waals surface area contributed by atoms with Crippen molar-refractivity contribution in [3.05, 3.63) is 23.4 Å². The molecular weight excluding hydrogens is 248 g/mol. The van der Waals surface area contributed by atoms with Crippen LogP contribution in [0.15, 0.2) is 18.3 Å². The molecule has 0 amide bonds. The standard InChI is InChI=1S/C13H19ClN4/c14-12-2-1-4-16-13(12)18-8-6-17(7-9-18)11-3-5-15-10-11/h1-2,4,11,15H,3,5-10H2. The van der Waals surface area contributed by atoms with Gasteiger partial charge in [0.2, 0.25) is 0 Å². The van der Waals surface area contributed by atoms with Crippen LogP contribution in [0.4, 0.5) is 5.82 Å². The van der Waals surface area contributed by atoms with Crippen molar-refractivity contribution < 1.29 is 0 Å². The van der Waals surface area contributed by atoms with E-state index in [1.165, 1.54) is 6.42 Å². The van der Waals surface area contributed by atoms with Crippen LogP contribution in [0.25, 0.3) is 0 Å². The van der Waals surface area contributed by atoms with E-state index in [0.717, 1.165) is 56.2 Å². The third kappa shape index (κ3) is 2.46. The van der Waals surface area contributed by atoms with Crippen molar-refractivity contribution in [3.8, 4) is 0 Å². The monoisotopic (exact) mass is 266 g/mol. The molecule has 0 spiro atoms. The van der Waals surface area contributed by atoms with Gasteiger partial charge in [0.15, 0.2) is 0 Å². The largest absolute Gasteiger partial charge is 0.353 e. The van der Waals surface area contributed by atoms with E-state index in [4.69, 9.17) is 11.6 Å². The average Bonchev–Trinajstić information content (AvgIpc) is 2.94. The lowest BCUT2D eigenvalue weighted by Gasteiger charge is -2.38. The number of hydrogen-bond acceptors (Lipinski definition) is 4. The molecule has 5 heteroatoms. The van der Waals surface area contributed by atoms with E-state index in [9.17, 15) is 0 Å². The van der Waals surface area contributed by atoms with Gasteiger partial charge in [-0.15, -0.1) is 0 Å². The van der Waals surface area contributed by atoms with E-state index >= 15 is 0 Å². The van der Waals surface area contributed by atoms with Gasteiger partial charge in [-0.25, -0.2) is 4.98 Å². The molecule has 1 unspecified atom stereocenters. The highest BCUT2D eigenvalue weighted by Crippen LogP contribution is 2.24. The van der Waals surface area contributed by atoms with Crippen LogP contribution in [0, 0.1) is 0 Å². The van der Waals surface area contributed by atoms with Crippen molar-refractivity contribution in [1.29, 1.82) is 0 Å². The van der Waals surface area contributed by atoms with E-state index < -0.39 is 0 Å². The molecule has 2 aliphatic rings. The number of piperazine rings is 1. The van der Waals surface area contributed by atoms with Crippen molar-refractivity contribution in [1.82, 2.24) is 15.2 Å². The Morgan fingerprint density at radius 3 is 2.78 bits per heavy atom. The third-order valence-corrected chi connectivity index (χ3v) is 4.20. The molecule has 1 N–H and O–H groups in total.